The van der Waals surface area contributed by atoms with Crippen LogP contribution in [-0.4, -0.2) is 35.0 Å². The van der Waals surface area contributed by atoms with Crippen LogP contribution in [0.1, 0.15) is 98.6 Å². The predicted octanol–water partition coefficient (Wildman–Crippen LogP) is 5.52. The van der Waals surface area contributed by atoms with E-state index in [-0.39, 0.29) is 30.1 Å². The van der Waals surface area contributed by atoms with Crippen LogP contribution in [0.2, 0.25) is 0 Å². The zero-order valence-electron chi connectivity index (χ0n) is 20.8. The number of nitrogens with zero attached hydrogens (tertiary/aromatic N) is 1. The molecule has 2 atom stereocenters. The summed E-state index contributed by atoms with van der Waals surface area (Å²) in [6.45, 7) is 4.65. The van der Waals surface area contributed by atoms with Crippen molar-refractivity contribution in [3.8, 4) is 5.75 Å². The molecule has 4 rings (SSSR count). The summed E-state index contributed by atoms with van der Waals surface area (Å²) in [5, 5.41) is 11.9. The molecule has 0 spiro atoms. The molecule has 2 aromatic rings. The highest BCUT2D eigenvalue weighted by Crippen LogP contribution is 2.22. The van der Waals surface area contributed by atoms with Crippen molar-refractivity contribution in [2.75, 3.05) is 0 Å². The van der Waals surface area contributed by atoms with Crippen molar-refractivity contribution >= 4 is 23.3 Å². The zero-order valence-corrected chi connectivity index (χ0v) is 21.7. The Bertz CT molecular complexity index is 969. The summed E-state index contributed by atoms with van der Waals surface area (Å²) in [7, 11) is 0. The van der Waals surface area contributed by atoms with Crippen molar-refractivity contribution in [3.63, 3.8) is 0 Å². The first kappa shape index (κ1) is 25.5. The number of nitrogens with one attached hydrogen (secondary N) is 3. The molecule has 0 bridgehead atoms. The largest absolute Gasteiger partial charge is 0.486 e. The Labute approximate surface area is 212 Å². The van der Waals surface area contributed by atoms with Crippen LogP contribution >= 0.6 is 11.3 Å². The fourth-order valence-electron chi connectivity index (χ4n) is 4.94. The van der Waals surface area contributed by atoms with Gasteiger partial charge in [0.05, 0.1) is 6.04 Å². The van der Waals surface area contributed by atoms with Gasteiger partial charge in [0.2, 0.25) is 0 Å². The second kappa shape index (κ2) is 12.4. The number of aromatic nitrogens is 1. The Kier molecular flexibility index (Phi) is 9.01. The van der Waals surface area contributed by atoms with Crippen molar-refractivity contribution in [3.05, 3.63) is 45.9 Å². The second-order valence-corrected chi connectivity index (χ2v) is 11.0. The third-order valence-corrected chi connectivity index (χ3v) is 7.86. The van der Waals surface area contributed by atoms with Gasteiger partial charge in [0.25, 0.3) is 5.91 Å². The van der Waals surface area contributed by atoms with E-state index in [1.807, 2.05) is 12.1 Å². The number of thiazole rings is 1. The number of hydrogen-bond donors (Lipinski definition) is 3. The first-order valence-electron chi connectivity index (χ1n) is 13.0. The molecule has 0 saturated heterocycles. The Morgan fingerprint density at radius 1 is 0.943 bits per heavy atom. The van der Waals surface area contributed by atoms with Gasteiger partial charge in [-0.1, -0.05) is 58.1 Å². The minimum absolute atomic E-state index is 0.0634. The average molecular weight is 499 g/mol. The van der Waals surface area contributed by atoms with Crippen molar-refractivity contribution in [2.24, 2.45) is 0 Å². The van der Waals surface area contributed by atoms with Crippen LogP contribution in [0, 0.1) is 0 Å². The van der Waals surface area contributed by atoms with E-state index in [1.165, 1.54) is 36.2 Å². The number of ether oxygens (including phenoxy) is 1. The fraction of sp³-hybridized carbons (Fsp3) is 0.593. The monoisotopic (exact) mass is 498 g/mol. The number of amides is 3. The Morgan fingerprint density at radius 3 is 2.29 bits per heavy atom. The SMILES string of the molecule is CC(C)c1ccc(OCc2nc(C(=O)N[C@H]3CCCC[C@H]3NC(=O)NC3CCCCC3)cs2)cc1. The van der Waals surface area contributed by atoms with Gasteiger partial charge in [-0.25, -0.2) is 9.78 Å². The van der Waals surface area contributed by atoms with Crippen LogP contribution in [0.15, 0.2) is 29.6 Å². The van der Waals surface area contributed by atoms with E-state index in [9.17, 15) is 9.59 Å². The Balaban J connectivity index is 1.27. The summed E-state index contributed by atoms with van der Waals surface area (Å²) >= 11 is 1.42. The van der Waals surface area contributed by atoms with Gasteiger partial charge in [-0.15, -0.1) is 11.3 Å². The molecule has 190 valence electrons. The van der Waals surface area contributed by atoms with E-state index >= 15 is 0 Å². The molecular weight excluding hydrogens is 460 g/mol. The van der Waals surface area contributed by atoms with E-state index in [1.54, 1.807) is 5.38 Å². The Morgan fingerprint density at radius 2 is 1.60 bits per heavy atom. The molecule has 7 nitrogen and oxygen atoms in total. The van der Waals surface area contributed by atoms with Crippen molar-refractivity contribution in [1.29, 1.82) is 0 Å². The third-order valence-electron chi connectivity index (χ3n) is 7.03. The smallest absolute Gasteiger partial charge is 0.315 e. The lowest BCUT2D eigenvalue weighted by Crippen LogP contribution is -2.56. The lowest BCUT2D eigenvalue weighted by Gasteiger charge is -2.33. The minimum Gasteiger partial charge on any atom is -0.486 e. The van der Waals surface area contributed by atoms with Crippen molar-refractivity contribution < 1.29 is 14.3 Å². The standard InChI is InChI=1S/C27H38N4O3S/c1-18(2)19-12-14-21(15-13-19)34-16-25-29-24(17-35-25)26(32)30-22-10-6-7-11-23(22)31-27(33)28-20-8-4-3-5-9-20/h12-15,17-18,20,22-23H,3-11,16H2,1-2H3,(H,30,32)(H2,28,31,33)/t22-,23+/m0/s1. The number of carbonyl (C=O) groups is 2. The highest BCUT2D eigenvalue weighted by atomic mass is 32.1. The third kappa shape index (κ3) is 7.43. The molecule has 8 heteroatoms. The van der Waals surface area contributed by atoms with E-state index in [4.69, 9.17) is 4.74 Å². The molecule has 3 amide bonds. The van der Waals surface area contributed by atoms with Crippen LogP contribution in [-0.2, 0) is 6.61 Å². The number of hydrogen-bond acceptors (Lipinski definition) is 5. The van der Waals surface area contributed by atoms with E-state index in [2.05, 4.69) is 46.9 Å². The quantitative estimate of drug-likeness (QED) is 0.447. The molecule has 0 radical (unpaired) electrons. The maximum atomic E-state index is 12.9. The van der Waals surface area contributed by atoms with Crippen LogP contribution in [0.5, 0.6) is 5.75 Å². The van der Waals surface area contributed by atoms with Crippen molar-refractivity contribution in [2.45, 2.75) is 102 Å². The first-order chi connectivity index (χ1) is 17.0. The molecule has 2 aliphatic carbocycles. The van der Waals surface area contributed by atoms with Gasteiger partial charge in [-0.2, -0.15) is 0 Å². The fourth-order valence-corrected chi connectivity index (χ4v) is 5.62. The maximum Gasteiger partial charge on any atom is 0.315 e. The molecule has 1 aromatic heterocycles. The van der Waals surface area contributed by atoms with Crippen LogP contribution in [0.4, 0.5) is 4.79 Å². The Hall–Kier alpha value is -2.61. The highest BCUT2D eigenvalue weighted by molar-refractivity contribution is 7.09. The molecule has 35 heavy (non-hydrogen) atoms. The van der Waals surface area contributed by atoms with Crippen molar-refractivity contribution in [1.82, 2.24) is 20.9 Å². The summed E-state index contributed by atoms with van der Waals surface area (Å²) in [6, 6.07) is 8.09. The lowest BCUT2D eigenvalue weighted by molar-refractivity contribution is 0.0911. The van der Waals surface area contributed by atoms with Crippen LogP contribution < -0.4 is 20.7 Å². The lowest BCUT2D eigenvalue weighted by atomic mass is 9.90. The van der Waals surface area contributed by atoms with Gasteiger partial charge < -0.3 is 20.7 Å². The summed E-state index contributed by atoms with van der Waals surface area (Å²) in [5.74, 6) is 1.08. The van der Waals surface area contributed by atoms with Crippen LogP contribution in [0.3, 0.4) is 0 Å². The summed E-state index contributed by atoms with van der Waals surface area (Å²) < 4.78 is 5.85. The van der Waals surface area contributed by atoms with E-state index < -0.39 is 0 Å². The highest BCUT2D eigenvalue weighted by Gasteiger charge is 2.29. The van der Waals surface area contributed by atoms with Gasteiger partial charge in [0.15, 0.2) is 0 Å². The maximum absolute atomic E-state index is 12.9. The summed E-state index contributed by atoms with van der Waals surface area (Å²) in [6.07, 6.45) is 9.54. The first-order valence-corrected chi connectivity index (χ1v) is 13.9. The number of urea groups is 1. The van der Waals surface area contributed by atoms with Gasteiger partial charge in [0.1, 0.15) is 23.1 Å². The van der Waals surface area contributed by atoms with Gasteiger partial charge in [-0.05, 0) is 49.3 Å². The molecule has 0 unspecified atom stereocenters. The second-order valence-electron chi connectivity index (χ2n) is 10.1. The van der Waals surface area contributed by atoms with Crippen LogP contribution in [0.25, 0.3) is 0 Å². The van der Waals surface area contributed by atoms with Gasteiger partial charge in [0, 0.05) is 17.5 Å². The summed E-state index contributed by atoms with van der Waals surface area (Å²) in [5.41, 5.74) is 1.67. The zero-order chi connectivity index (χ0) is 24.6. The minimum atomic E-state index is -0.194. The normalized spacial score (nSPS) is 20.9. The number of benzene rings is 1. The number of rotatable bonds is 8. The summed E-state index contributed by atoms with van der Waals surface area (Å²) in [4.78, 5) is 30.0. The average Bonchev–Trinajstić information content (AvgIpc) is 3.34. The number of carbonyl (C=O) groups excluding carboxylic acids is 2. The molecule has 0 aliphatic heterocycles. The molecule has 3 N–H and O–H groups in total. The predicted molar refractivity (Wildman–Crippen MR) is 139 cm³/mol. The van der Waals surface area contributed by atoms with Gasteiger partial charge >= 0.3 is 6.03 Å². The van der Waals surface area contributed by atoms with E-state index in [0.29, 0.717) is 18.2 Å². The molecule has 1 heterocycles. The molecular formula is C27H38N4O3S. The molecule has 2 saturated carbocycles. The molecule has 1 aromatic carbocycles. The molecule has 2 aliphatic rings. The van der Waals surface area contributed by atoms with E-state index in [0.717, 1.165) is 49.3 Å². The van der Waals surface area contributed by atoms with Gasteiger partial charge in [-0.3, -0.25) is 4.79 Å². The topological polar surface area (TPSA) is 92.3 Å². The molecule has 2 fully saturated rings.